The summed E-state index contributed by atoms with van der Waals surface area (Å²) in [5, 5.41) is 3.68. The maximum absolute atomic E-state index is 13.2. The van der Waals surface area contributed by atoms with E-state index in [1.165, 1.54) is 10.8 Å². The van der Waals surface area contributed by atoms with Crippen LogP contribution >= 0.6 is 0 Å². The molecule has 1 saturated carbocycles. The van der Waals surface area contributed by atoms with Crippen LogP contribution < -0.4 is 10.9 Å². The molecule has 0 unspecified atom stereocenters. The summed E-state index contributed by atoms with van der Waals surface area (Å²) < 4.78 is 8.57. The van der Waals surface area contributed by atoms with E-state index in [9.17, 15) is 9.59 Å². The largest absolute Gasteiger partial charge is 0.385 e. The fourth-order valence-corrected chi connectivity index (χ4v) is 4.31. The van der Waals surface area contributed by atoms with Crippen LogP contribution in [0.4, 0.5) is 0 Å². The molecule has 3 heterocycles. The minimum absolute atomic E-state index is 0.132. The molecule has 29 heavy (non-hydrogen) atoms. The number of hydrogen-bond donors (Lipinski definition) is 1. The number of amides is 1. The molecule has 154 valence electrons. The highest BCUT2D eigenvalue weighted by molar-refractivity contribution is 5.98. The lowest BCUT2D eigenvalue weighted by atomic mass is 9.86. The van der Waals surface area contributed by atoms with Gasteiger partial charge >= 0.3 is 0 Å². The summed E-state index contributed by atoms with van der Waals surface area (Å²) in [6, 6.07) is 7.32. The monoisotopic (exact) mass is 396 g/mol. The normalized spacial score (nSPS) is 19.7. The Morgan fingerprint density at radius 1 is 1.31 bits per heavy atom. The molecule has 7 heteroatoms. The lowest BCUT2D eigenvalue weighted by Gasteiger charge is -2.29. The molecule has 1 aliphatic rings. The standard InChI is InChI=1S/C22H28N4O3/c1-15-8-3-4-9-17(15)23-21(27)18-14-16-20(25(18)12-7-13-29-2)24-19-10-5-6-11-26(19)22(16)28/h5-6,10-11,14-15,17H,3-4,7-9,12-13H2,1-2H3,(H,23,27)/t15-,17-/m1/s1. The Morgan fingerprint density at radius 2 is 2.14 bits per heavy atom. The van der Waals surface area contributed by atoms with E-state index in [0.29, 0.717) is 41.4 Å². The molecule has 0 saturated heterocycles. The van der Waals surface area contributed by atoms with Crippen molar-refractivity contribution in [1.29, 1.82) is 0 Å². The van der Waals surface area contributed by atoms with Crippen LogP contribution in [0, 0.1) is 5.92 Å². The number of carbonyl (C=O) groups excluding carboxylic acids is 1. The number of nitrogens with one attached hydrogen (secondary N) is 1. The van der Waals surface area contributed by atoms with Crippen molar-refractivity contribution in [3.63, 3.8) is 0 Å². The molecule has 7 nitrogen and oxygen atoms in total. The number of aromatic nitrogens is 3. The van der Waals surface area contributed by atoms with Crippen molar-refractivity contribution in [1.82, 2.24) is 19.3 Å². The molecular weight excluding hydrogens is 368 g/mol. The average molecular weight is 396 g/mol. The summed E-state index contributed by atoms with van der Waals surface area (Å²) in [5.74, 6) is 0.331. The number of hydrogen-bond acceptors (Lipinski definition) is 4. The van der Waals surface area contributed by atoms with Crippen LogP contribution in [0.15, 0.2) is 35.3 Å². The predicted octanol–water partition coefficient (Wildman–Crippen LogP) is 2.99. The molecule has 3 aromatic rings. The Hall–Kier alpha value is -2.67. The van der Waals surface area contributed by atoms with Crippen LogP contribution in [0.25, 0.3) is 16.7 Å². The number of methoxy groups -OCH3 is 1. The first kappa shape index (κ1) is 19.6. The molecular formula is C22H28N4O3. The molecule has 2 atom stereocenters. The van der Waals surface area contributed by atoms with E-state index in [2.05, 4.69) is 17.2 Å². The molecule has 1 N–H and O–H groups in total. The van der Waals surface area contributed by atoms with Gasteiger partial charge in [0.05, 0.1) is 5.39 Å². The third kappa shape index (κ3) is 3.79. The Kier molecular flexibility index (Phi) is 5.67. The molecule has 0 aromatic carbocycles. The van der Waals surface area contributed by atoms with Gasteiger partial charge in [-0.2, -0.15) is 0 Å². The fraction of sp³-hybridized carbons (Fsp3) is 0.500. The topological polar surface area (TPSA) is 77.6 Å². The molecule has 1 amide bonds. The van der Waals surface area contributed by atoms with Crippen LogP contribution in [0.3, 0.4) is 0 Å². The summed E-state index contributed by atoms with van der Waals surface area (Å²) in [7, 11) is 1.66. The van der Waals surface area contributed by atoms with Crippen LogP contribution in [0.1, 0.15) is 49.5 Å². The predicted molar refractivity (Wildman–Crippen MR) is 112 cm³/mol. The molecule has 3 aromatic heterocycles. The van der Waals surface area contributed by atoms with E-state index in [1.54, 1.807) is 31.5 Å². The fourth-order valence-electron chi connectivity index (χ4n) is 4.31. The Bertz CT molecular complexity index is 1080. The van der Waals surface area contributed by atoms with Crippen molar-refractivity contribution in [2.45, 2.75) is 51.6 Å². The smallest absolute Gasteiger partial charge is 0.268 e. The number of carbonyl (C=O) groups is 1. The highest BCUT2D eigenvalue weighted by Gasteiger charge is 2.26. The van der Waals surface area contributed by atoms with Crippen molar-refractivity contribution in [3.8, 4) is 0 Å². The second-order valence-electron chi connectivity index (χ2n) is 7.95. The van der Waals surface area contributed by atoms with Crippen LogP contribution in [-0.2, 0) is 11.3 Å². The zero-order valence-electron chi connectivity index (χ0n) is 17.1. The second-order valence-corrected chi connectivity index (χ2v) is 7.95. The molecule has 0 aliphatic heterocycles. The van der Waals surface area contributed by atoms with Gasteiger partial charge in [-0.1, -0.05) is 25.8 Å². The minimum atomic E-state index is -0.156. The third-order valence-corrected chi connectivity index (χ3v) is 5.97. The molecule has 0 radical (unpaired) electrons. The quantitative estimate of drug-likeness (QED) is 0.650. The Morgan fingerprint density at radius 3 is 2.93 bits per heavy atom. The zero-order chi connectivity index (χ0) is 20.4. The number of fused-ring (bicyclic) bond motifs is 2. The van der Waals surface area contributed by atoms with Gasteiger partial charge in [-0.15, -0.1) is 0 Å². The van der Waals surface area contributed by atoms with Crippen LogP contribution in [0.2, 0.25) is 0 Å². The van der Waals surface area contributed by atoms with E-state index in [-0.39, 0.29) is 17.5 Å². The third-order valence-electron chi connectivity index (χ3n) is 5.97. The molecule has 1 fully saturated rings. The highest BCUT2D eigenvalue weighted by atomic mass is 16.5. The maximum atomic E-state index is 13.2. The van der Waals surface area contributed by atoms with Crippen molar-refractivity contribution >= 4 is 22.6 Å². The highest BCUT2D eigenvalue weighted by Crippen LogP contribution is 2.25. The van der Waals surface area contributed by atoms with Gasteiger partial charge in [0.25, 0.3) is 11.5 Å². The van der Waals surface area contributed by atoms with E-state index in [4.69, 9.17) is 4.74 Å². The number of ether oxygens (including phenoxy) is 1. The maximum Gasteiger partial charge on any atom is 0.268 e. The van der Waals surface area contributed by atoms with E-state index in [0.717, 1.165) is 25.7 Å². The van der Waals surface area contributed by atoms with Crippen LogP contribution in [0.5, 0.6) is 0 Å². The number of nitrogens with zero attached hydrogens (tertiary/aromatic N) is 3. The first-order valence-electron chi connectivity index (χ1n) is 10.4. The first-order valence-corrected chi connectivity index (χ1v) is 10.4. The van der Waals surface area contributed by atoms with Gasteiger partial charge in [0.15, 0.2) is 0 Å². The van der Waals surface area contributed by atoms with Gasteiger partial charge in [0.1, 0.15) is 17.0 Å². The van der Waals surface area contributed by atoms with Crippen LogP contribution in [-0.4, -0.2) is 39.6 Å². The van der Waals surface area contributed by atoms with Gasteiger partial charge in [-0.3, -0.25) is 14.0 Å². The average Bonchev–Trinajstić information content (AvgIpc) is 3.09. The van der Waals surface area contributed by atoms with Gasteiger partial charge in [0.2, 0.25) is 0 Å². The van der Waals surface area contributed by atoms with E-state index in [1.807, 2.05) is 10.6 Å². The lowest BCUT2D eigenvalue weighted by molar-refractivity contribution is 0.0900. The minimum Gasteiger partial charge on any atom is -0.385 e. The Balaban J connectivity index is 1.77. The zero-order valence-corrected chi connectivity index (χ0v) is 17.1. The van der Waals surface area contributed by atoms with Gasteiger partial charge < -0.3 is 14.6 Å². The van der Waals surface area contributed by atoms with Gasteiger partial charge in [-0.05, 0) is 43.4 Å². The van der Waals surface area contributed by atoms with E-state index >= 15 is 0 Å². The summed E-state index contributed by atoms with van der Waals surface area (Å²) in [4.78, 5) is 30.9. The first-order chi connectivity index (χ1) is 14.1. The number of aryl methyl sites for hydroxylation is 1. The van der Waals surface area contributed by atoms with Crippen molar-refractivity contribution in [2.75, 3.05) is 13.7 Å². The molecule has 1 aliphatic carbocycles. The van der Waals surface area contributed by atoms with Crippen molar-refractivity contribution < 1.29 is 9.53 Å². The number of rotatable bonds is 6. The van der Waals surface area contributed by atoms with Gasteiger partial charge in [0, 0.05) is 32.5 Å². The molecule has 0 spiro atoms. The number of pyridine rings is 1. The lowest BCUT2D eigenvalue weighted by Crippen LogP contribution is -2.41. The van der Waals surface area contributed by atoms with Crippen molar-refractivity contribution in [2.24, 2.45) is 5.92 Å². The SMILES string of the molecule is COCCCn1c(C(=O)N[C@@H]2CCCC[C@H]2C)cc2c(=O)n3ccccc3nc21. The van der Waals surface area contributed by atoms with Crippen molar-refractivity contribution in [3.05, 3.63) is 46.5 Å². The summed E-state index contributed by atoms with van der Waals surface area (Å²) >= 11 is 0. The summed E-state index contributed by atoms with van der Waals surface area (Å²) in [6.07, 6.45) is 6.93. The Labute approximate surface area is 169 Å². The second kappa shape index (κ2) is 8.37. The van der Waals surface area contributed by atoms with Gasteiger partial charge in [-0.25, -0.2) is 4.98 Å². The summed E-state index contributed by atoms with van der Waals surface area (Å²) in [6.45, 7) is 3.33. The molecule has 0 bridgehead atoms. The molecule has 4 rings (SSSR count). The summed E-state index contributed by atoms with van der Waals surface area (Å²) in [5.41, 5.74) is 1.47. The van der Waals surface area contributed by atoms with E-state index < -0.39 is 0 Å².